The van der Waals surface area contributed by atoms with Crippen LogP contribution < -0.4 is 5.73 Å². The van der Waals surface area contributed by atoms with E-state index >= 15 is 0 Å². The van der Waals surface area contributed by atoms with Crippen molar-refractivity contribution in [1.29, 1.82) is 0 Å². The fourth-order valence-electron chi connectivity index (χ4n) is 1.74. The highest BCUT2D eigenvalue weighted by molar-refractivity contribution is 7.99. The van der Waals surface area contributed by atoms with Crippen LogP contribution in [0.15, 0.2) is 39.7 Å². The third-order valence-corrected chi connectivity index (χ3v) is 4.43. The number of rotatable bonds is 3. The van der Waals surface area contributed by atoms with Crippen LogP contribution in [0.1, 0.15) is 5.69 Å². The minimum absolute atomic E-state index is 0.209. The van der Waals surface area contributed by atoms with Crippen LogP contribution in [0.3, 0.4) is 0 Å². The molecule has 0 amide bonds. The van der Waals surface area contributed by atoms with Crippen molar-refractivity contribution in [2.75, 3.05) is 0 Å². The smallest absolute Gasteiger partial charge is 0.194 e. The van der Waals surface area contributed by atoms with Gasteiger partial charge in [0.1, 0.15) is 16.7 Å². The normalized spacial score (nSPS) is 11.3. The molecule has 3 rings (SSSR count). The molecule has 19 heavy (non-hydrogen) atoms. The first-order valence-corrected chi connectivity index (χ1v) is 7.16. The van der Waals surface area contributed by atoms with Crippen molar-refractivity contribution in [3.63, 3.8) is 0 Å². The third kappa shape index (κ3) is 2.24. The Hall–Kier alpha value is -1.44. The van der Waals surface area contributed by atoms with Crippen molar-refractivity contribution in [2.45, 2.75) is 16.5 Å². The molecule has 0 fully saturated rings. The molecule has 0 aliphatic heterocycles. The average Bonchev–Trinajstić information content (AvgIpc) is 2.94. The lowest BCUT2D eigenvalue weighted by molar-refractivity contribution is 0.577. The largest absolute Gasteiger partial charge is 0.325 e. The van der Waals surface area contributed by atoms with E-state index in [2.05, 4.69) is 4.98 Å². The van der Waals surface area contributed by atoms with E-state index in [1.165, 1.54) is 11.3 Å². The van der Waals surface area contributed by atoms with Crippen LogP contribution in [0.25, 0.3) is 4.96 Å². The molecular formula is C12H9F2N3S2. The van der Waals surface area contributed by atoms with Crippen LogP contribution >= 0.6 is 23.1 Å². The molecule has 0 saturated carbocycles. The van der Waals surface area contributed by atoms with Crippen molar-refractivity contribution >= 4 is 28.1 Å². The third-order valence-electron chi connectivity index (χ3n) is 2.62. The van der Waals surface area contributed by atoms with Gasteiger partial charge in [0.15, 0.2) is 4.96 Å². The van der Waals surface area contributed by atoms with Gasteiger partial charge in [0.05, 0.1) is 10.6 Å². The molecule has 0 aliphatic carbocycles. The number of thiazole rings is 1. The second kappa shape index (κ2) is 4.92. The van der Waals surface area contributed by atoms with E-state index in [0.717, 1.165) is 40.6 Å². The molecule has 1 aromatic carbocycles. The zero-order valence-corrected chi connectivity index (χ0v) is 11.3. The Morgan fingerprint density at radius 2 is 2.21 bits per heavy atom. The Morgan fingerprint density at radius 1 is 1.37 bits per heavy atom. The van der Waals surface area contributed by atoms with Gasteiger partial charge in [-0.3, -0.25) is 4.40 Å². The Balaban J connectivity index is 2.05. The highest BCUT2D eigenvalue weighted by Crippen LogP contribution is 2.33. The van der Waals surface area contributed by atoms with Crippen LogP contribution in [0.5, 0.6) is 0 Å². The predicted molar refractivity (Wildman–Crippen MR) is 71.4 cm³/mol. The molecule has 0 radical (unpaired) electrons. The summed E-state index contributed by atoms with van der Waals surface area (Å²) in [6, 6.07) is 3.36. The zero-order valence-electron chi connectivity index (χ0n) is 9.64. The Kier molecular flexibility index (Phi) is 3.26. The number of fused-ring (bicyclic) bond motifs is 1. The molecule has 3 aromatic rings. The van der Waals surface area contributed by atoms with Gasteiger partial charge in [0.25, 0.3) is 0 Å². The second-order valence-corrected chi connectivity index (χ2v) is 5.70. The van der Waals surface area contributed by atoms with Crippen LogP contribution in [-0.2, 0) is 6.54 Å². The van der Waals surface area contributed by atoms with Gasteiger partial charge < -0.3 is 5.73 Å². The Morgan fingerprint density at radius 3 is 3.00 bits per heavy atom. The van der Waals surface area contributed by atoms with Crippen LogP contribution in [0, 0.1) is 11.6 Å². The van der Waals surface area contributed by atoms with Crippen molar-refractivity contribution in [2.24, 2.45) is 5.73 Å². The summed E-state index contributed by atoms with van der Waals surface area (Å²) in [7, 11) is 0. The number of aromatic nitrogens is 2. The summed E-state index contributed by atoms with van der Waals surface area (Å²) >= 11 is 2.56. The number of benzene rings is 1. The molecule has 0 bridgehead atoms. The quantitative estimate of drug-likeness (QED) is 0.807. The molecule has 98 valence electrons. The molecular weight excluding hydrogens is 288 g/mol. The molecule has 2 heterocycles. The number of imidazole rings is 1. The maximum atomic E-state index is 13.6. The lowest BCUT2D eigenvalue weighted by Crippen LogP contribution is -2.01. The first kappa shape index (κ1) is 12.6. The van der Waals surface area contributed by atoms with Crippen LogP contribution in [0.4, 0.5) is 8.78 Å². The van der Waals surface area contributed by atoms with Gasteiger partial charge in [0, 0.05) is 18.1 Å². The minimum atomic E-state index is -0.473. The van der Waals surface area contributed by atoms with Crippen LogP contribution in [-0.4, -0.2) is 9.38 Å². The fraction of sp³-hybridized carbons (Fsp3) is 0.0833. The molecule has 0 saturated heterocycles. The van der Waals surface area contributed by atoms with E-state index in [1.807, 2.05) is 16.0 Å². The molecule has 2 aromatic heterocycles. The van der Waals surface area contributed by atoms with E-state index in [0.29, 0.717) is 5.03 Å². The topological polar surface area (TPSA) is 43.3 Å². The number of nitrogens with zero attached hydrogens (tertiary/aromatic N) is 2. The monoisotopic (exact) mass is 297 g/mol. The maximum absolute atomic E-state index is 13.6. The molecule has 0 spiro atoms. The van der Waals surface area contributed by atoms with Gasteiger partial charge in [-0.1, -0.05) is 11.8 Å². The predicted octanol–water partition coefficient (Wildman–Crippen LogP) is 3.28. The fourth-order valence-corrected chi connectivity index (χ4v) is 3.51. The van der Waals surface area contributed by atoms with Gasteiger partial charge in [-0.05, 0) is 18.2 Å². The van der Waals surface area contributed by atoms with Gasteiger partial charge in [0.2, 0.25) is 0 Å². The van der Waals surface area contributed by atoms with Crippen molar-refractivity contribution in [3.05, 3.63) is 47.1 Å². The van der Waals surface area contributed by atoms with Crippen LogP contribution in [0.2, 0.25) is 0 Å². The van der Waals surface area contributed by atoms with Gasteiger partial charge in [-0.15, -0.1) is 11.3 Å². The summed E-state index contributed by atoms with van der Waals surface area (Å²) in [6.07, 6.45) is 1.86. The summed E-state index contributed by atoms with van der Waals surface area (Å²) in [5.41, 5.74) is 6.50. The first-order chi connectivity index (χ1) is 9.19. The van der Waals surface area contributed by atoms with Gasteiger partial charge in [-0.2, -0.15) is 0 Å². The standard InChI is InChI=1S/C12H9F2N3S2/c13-7-1-2-8(14)10(5-7)19-11-9(6-15)17-3-4-18-12(17)16-11/h1-5H,6,15H2. The molecule has 0 unspecified atom stereocenters. The summed E-state index contributed by atoms with van der Waals surface area (Å²) in [5, 5.41) is 2.51. The van der Waals surface area contributed by atoms with E-state index < -0.39 is 11.6 Å². The summed E-state index contributed by atoms with van der Waals surface area (Å²) < 4.78 is 28.6. The van der Waals surface area contributed by atoms with E-state index in [-0.39, 0.29) is 11.4 Å². The summed E-state index contributed by atoms with van der Waals surface area (Å²) in [5.74, 6) is -0.940. The van der Waals surface area contributed by atoms with E-state index in [9.17, 15) is 8.78 Å². The SMILES string of the molecule is NCc1c(Sc2cc(F)ccc2F)nc2sccn12. The average molecular weight is 297 g/mol. The number of hydrogen-bond acceptors (Lipinski definition) is 4. The molecule has 2 N–H and O–H groups in total. The zero-order chi connectivity index (χ0) is 13.4. The maximum Gasteiger partial charge on any atom is 0.194 e. The van der Waals surface area contributed by atoms with Crippen molar-refractivity contribution < 1.29 is 8.78 Å². The van der Waals surface area contributed by atoms with Gasteiger partial charge in [-0.25, -0.2) is 13.8 Å². The van der Waals surface area contributed by atoms with E-state index in [1.54, 1.807) is 0 Å². The van der Waals surface area contributed by atoms with Crippen molar-refractivity contribution in [3.8, 4) is 0 Å². The first-order valence-electron chi connectivity index (χ1n) is 5.46. The Bertz CT molecular complexity index is 736. The van der Waals surface area contributed by atoms with Gasteiger partial charge >= 0.3 is 0 Å². The number of nitrogens with two attached hydrogens (primary N) is 1. The highest BCUT2D eigenvalue weighted by atomic mass is 32.2. The van der Waals surface area contributed by atoms with E-state index in [4.69, 9.17) is 5.73 Å². The van der Waals surface area contributed by atoms with Crippen molar-refractivity contribution in [1.82, 2.24) is 9.38 Å². The highest BCUT2D eigenvalue weighted by Gasteiger charge is 2.15. The number of hydrogen-bond donors (Lipinski definition) is 1. The molecule has 0 aliphatic rings. The number of halogens is 2. The second-order valence-electron chi connectivity index (χ2n) is 3.80. The molecule has 0 atom stereocenters. The molecule has 3 nitrogen and oxygen atoms in total. The summed E-state index contributed by atoms with van der Waals surface area (Å²) in [4.78, 5) is 5.39. The molecule has 7 heteroatoms. The lowest BCUT2D eigenvalue weighted by Gasteiger charge is -2.03. The summed E-state index contributed by atoms with van der Waals surface area (Å²) in [6.45, 7) is 0.289. The Labute approximate surface area is 116 Å². The lowest BCUT2D eigenvalue weighted by atomic mass is 10.3. The minimum Gasteiger partial charge on any atom is -0.325 e.